The number of aromatic nitrogens is 1. The van der Waals surface area contributed by atoms with Crippen molar-refractivity contribution in [3.8, 4) is 17.2 Å². The quantitative estimate of drug-likeness (QED) is 0.547. The van der Waals surface area contributed by atoms with Crippen molar-refractivity contribution in [3.05, 3.63) is 77.6 Å². The molecule has 0 bridgehead atoms. The Morgan fingerprint density at radius 3 is 2.34 bits per heavy atom. The second kappa shape index (κ2) is 9.96. The van der Waals surface area contributed by atoms with Gasteiger partial charge in [-0.1, -0.05) is 30.3 Å². The Balaban J connectivity index is 1.62. The van der Waals surface area contributed by atoms with E-state index < -0.39 is 0 Å². The van der Waals surface area contributed by atoms with Gasteiger partial charge in [0.25, 0.3) is 0 Å². The van der Waals surface area contributed by atoms with Gasteiger partial charge in [-0.15, -0.1) is 0 Å². The largest absolute Gasteiger partial charge is 0.493 e. The third kappa shape index (κ3) is 4.39. The van der Waals surface area contributed by atoms with E-state index in [2.05, 4.69) is 57.4 Å². The van der Waals surface area contributed by atoms with E-state index in [0.717, 1.165) is 36.7 Å². The number of methoxy groups -OCH3 is 3. The molecule has 4 rings (SSSR count). The molecule has 0 radical (unpaired) electrons. The average Bonchev–Trinajstić information content (AvgIpc) is 3.32. The molecule has 1 aromatic heterocycles. The zero-order valence-corrected chi connectivity index (χ0v) is 19.5. The van der Waals surface area contributed by atoms with Gasteiger partial charge in [0.05, 0.1) is 27.4 Å². The van der Waals surface area contributed by atoms with E-state index in [1.807, 2.05) is 18.2 Å². The van der Waals surface area contributed by atoms with Crippen LogP contribution >= 0.6 is 12.2 Å². The molecule has 168 valence electrons. The molecule has 0 saturated carbocycles. The Morgan fingerprint density at radius 1 is 0.969 bits per heavy atom. The van der Waals surface area contributed by atoms with Crippen molar-refractivity contribution in [1.29, 1.82) is 0 Å². The van der Waals surface area contributed by atoms with Crippen molar-refractivity contribution in [2.75, 3.05) is 34.4 Å². The third-order valence-electron chi connectivity index (χ3n) is 5.83. The fourth-order valence-electron chi connectivity index (χ4n) is 4.27. The number of fused-ring (bicyclic) bond motifs is 1. The Labute approximate surface area is 194 Å². The maximum atomic E-state index is 5.86. The fraction of sp³-hybridized carbons (Fsp3) is 0.320. The summed E-state index contributed by atoms with van der Waals surface area (Å²) in [7, 11) is 4.89. The van der Waals surface area contributed by atoms with Gasteiger partial charge < -0.3 is 29.0 Å². The van der Waals surface area contributed by atoms with E-state index >= 15 is 0 Å². The topological polar surface area (TPSA) is 47.9 Å². The van der Waals surface area contributed by atoms with Crippen molar-refractivity contribution in [2.24, 2.45) is 0 Å². The van der Waals surface area contributed by atoms with Crippen LogP contribution in [-0.2, 0) is 13.0 Å². The number of hydrogen-bond donors (Lipinski definition) is 1. The number of thiocarbonyl (C=S) groups is 1. The van der Waals surface area contributed by atoms with Crippen LogP contribution in [0.5, 0.6) is 17.2 Å². The van der Waals surface area contributed by atoms with Gasteiger partial charge in [-0.05, 0) is 54.0 Å². The first-order valence-corrected chi connectivity index (χ1v) is 11.1. The second-order valence-corrected chi connectivity index (χ2v) is 8.04. The molecule has 1 aliphatic rings. The summed E-state index contributed by atoms with van der Waals surface area (Å²) in [5.74, 6) is 1.85. The Morgan fingerprint density at radius 2 is 1.69 bits per heavy atom. The number of benzene rings is 2. The van der Waals surface area contributed by atoms with E-state index in [0.29, 0.717) is 17.2 Å². The predicted molar refractivity (Wildman–Crippen MR) is 130 cm³/mol. The molecule has 0 amide bonds. The zero-order chi connectivity index (χ0) is 22.5. The normalized spacial score (nSPS) is 15.1. The third-order valence-corrected chi connectivity index (χ3v) is 6.21. The molecule has 1 aliphatic heterocycles. The van der Waals surface area contributed by atoms with Gasteiger partial charge in [0.1, 0.15) is 0 Å². The first-order chi connectivity index (χ1) is 15.7. The summed E-state index contributed by atoms with van der Waals surface area (Å²) in [6.07, 6.45) is 3.03. The van der Waals surface area contributed by atoms with Crippen molar-refractivity contribution in [2.45, 2.75) is 19.0 Å². The number of hydrogen-bond acceptors (Lipinski definition) is 4. The van der Waals surface area contributed by atoms with E-state index in [4.69, 9.17) is 26.4 Å². The highest BCUT2D eigenvalue weighted by atomic mass is 32.1. The first kappa shape index (κ1) is 22.0. The molecule has 0 spiro atoms. The first-order valence-electron chi connectivity index (χ1n) is 10.7. The standard InChI is InChI=1S/C25H29N3O3S/c1-29-21-16-19(17-22(30-2)24(21)31-3)23-20-10-7-13-27(20)14-15-28(23)25(32)26-12-11-18-8-5-4-6-9-18/h4-10,13,16-17,23H,11-12,14-15H2,1-3H3,(H,26,32). The van der Waals surface area contributed by atoms with E-state index in [-0.39, 0.29) is 6.04 Å². The molecule has 0 fully saturated rings. The average molecular weight is 452 g/mol. The van der Waals surface area contributed by atoms with Crippen molar-refractivity contribution < 1.29 is 14.2 Å². The molecular formula is C25H29N3O3S. The highest BCUT2D eigenvalue weighted by molar-refractivity contribution is 7.80. The molecule has 6 nitrogen and oxygen atoms in total. The molecule has 1 atom stereocenters. The van der Waals surface area contributed by atoms with E-state index in [1.165, 1.54) is 11.3 Å². The van der Waals surface area contributed by atoms with Crippen LogP contribution in [0.15, 0.2) is 60.8 Å². The minimum Gasteiger partial charge on any atom is -0.493 e. The van der Waals surface area contributed by atoms with Crippen LogP contribution < -0.4 is 19.5 Å². The summed E-state index contributed by atoms with van der Waals surface area (Å²) in [5, 5.41) is 4.21. The molecule has 1 unspecified atom stereocenters. The number of nitrogens with zero attached hydrogens (tertiary/aromatic N) is 2. The van der Waals surface area contributed by atoms with E-state index in [1.54, 1.807) is 21.3 Å². The Kier molecular flexibility index (Phi) is 6.85. The van der Waals surface area contributed by atoms with Crippen LogP contribution in [0.25, 0.3) is 0 Å². The minimum absolute atomic E-state index is 0.0656. The Bertz CT molecular complexity index is 1040. The maximum Gasteiger partial charge on any atom is 0.203 e. The molecule has 0 saturated heterocycles. The summed E-state index contributed by atoms with van der Waals surface area (Å²) in [5.41, 5.74) is 3.50. The van der Waals surface area contributed by atoms with E-state index in [9.17, 15) is 0 Å². The van der Waals surface area contributed by atoms with Crippen LogP contribution in [-0.4, -0.2) is 49.0 Å². The molecule has 1 N–H and O–H groups in total. The van der Waals surface area contributed by atoms with Gasteiger partial charge in [0.15, 0.2) is 16.6 Å². The zero-order valence-electron chi connectivity index (χ0n) is 18.7. The fourth-order valence-corrected chi connectivity index (χ4v) is 4.57. The summed E-state index contributed by atoms with van der Waals surface area (Å²) >= 11 is 5.86. The van der Waals surface area contributed by atoms with Crippen molar-refractivity contribution in [3.63, 3.8) is 0 Å². The van der Waals surface area contributed by atoms with Crippen LogP contribution in [0, 0.1) is 0 Å². The Hall–Kier alpha value is -3.19. The van der Waals surface area contributed by atoms with Gasteiger partial charge in [-0.2, -0.15) is 0 Å². The molecule has 2 aromatic carbocycles. The van der Waals surface area contributed by atoms with Crippen molar-refractivity contribution in [1.82, 2.24) is 14.8 Å². The predicted octanol–water partition coefficient (Wildman–Crippen LogP) is 4.04. The highest BCUT2D eigenvalue weighted by Gasteiger charge is 2.32. The summed E-state index contributed by atoms with van der Waals surface area (Å²) in [6.45, 7) is 2.46. The summed E-state index contributed by atoms with van der Waals surface area (Å²) in [4.78, 5) is 2.25. The number of nitrogens with one attached hydrogen (secondary N) is 1. The van der Waals surface area contributed by atoms with Gasteiger partial charge in [0, 0.05) is 31.5 Å². The van der Waals surface area contributed by atoms with Crippen LogP contribution in [0.2, 0.25) is 0 Å². The molecular weight excluding hydrogens is 422 g/mol. The molecule has 3 aromatic rings. The van der Waals surface area contributed by atoms with Crippen LogP contribution in [0.3, 0.4) is 0 Å². The molecule has 7 heteroatoms. The van der Waals surface area contributed by atoms with Gasteiger partial charge >= 0.3 is 0 Å². The van der Waals surface area contributed by atoms with Gasteiger partial charge in [-0.3, -0.25) is 0 Å². The van der Waals surface area contributed by atoms with Gasteiger partial charge in [0.2, 0.25) is 5.75 Å². The highest BCUT2D eigenvalue weighted by Crippen LogP contribution is 2.43. The number of rotatable bonds is 7. The lowest BCUT2D eigenvalue weighted by molar-refractivity contribution is 0.282. The van der Waals surface area contributed by atoms with Crippen LogP contribution in [0.4, 0.5) is 0 Å². The van der Waals surface area contributed by atoms with Crippen molar-refractivity contribution >= 4 is 17.3 Å². The molecule has 2 heterocycles. The summed E-state index contributed by atoms with van der Waals surface area (Å²) in [6, 6.07) is 18.6. The lowest BCUT2D eigenvalue weighted by atomic mass is 9.99. The lowest BCUT2D eigenvalue weighted by Crippen LogP contribution is -2.47. The maximum absolute atomic E-state index is 5.86. The van der Waals surface area contributed by atoms with Crippen LogP contribution in [0.1, 0.15) is 22.9 Å². The second-order valence-electron chi connectivity index (χ2n) is 7.65. The molecule has 0 aliphatic carbocycles. The lowest BCUT2D eigenvalue weighted by Gasteiger charge is -2.39. The van der Waals surface area contributed by atoms with Gasteiger partial charge in [-0.25, -0.2) is 0 Å². The SMILES string of the molecule is COc1cc(C2c3cccn3CCN2C(=S)NCCc2ccccc2)cc(OC)c1OC. The molecule has 32 heavy (non-hydrogen) atoms. The smallest absolute Gasteiger partial charge is 0.203 e. The monoisotopic (exact) mass is 451 g/mol. The number of ether oxygens (including phenoxy) is 3. The summed E-state index contributed by atoms with van der Waals surface area (Å²) < 4.78 is 19.0. The minimum atomic E-state index is -0.0656.